The fourth-order valence-corrected chi connectivity index (χ4v) is 5.05. The van der Waals surface area contributed by atoms with Crippen LogP contribution in [0.15, 0.2) is 35.9 Å². The van der Waals surface area contributed by atoms with E-state index in [1.54, 1.807) is 0 Å². The van der Waals surface area contributed by atoms with Gasteiger partial charge in [0.25, 0.3) is 0 Å². The van der Waals surface area contributed by atoms with Crippen molar-refractivity contribution >= 4 is 11.4 Å². The van der Waals surface area contributed by atoms with E-state index in [4.69, 9.17) is 0 Å². The van der Waals surface area contributed by atoms with Gasteiger partial charge in [-0.3, -0.25) is 0 Å². The van der Waals surface area contributed by atoms with Crippen LogP contribution in [-0.2, 0) is 0 Å². The summed E-state index contributed by atoms with van der Waals surface area (Å²) in [6, 6.07) is 9.19. The number of benzene rings is 2. The predicted octanol–water partition coefficient (Wildman–Crippen LogP) is 4.18. The van der Waals surface area contributed by atoms with Gasteiger partial charge < -0.3 is 20.4 Å². The van der Waals surface area contributed by atoms with E-state index in [0.29, 0.717) is 0 Å². The largest absolute Gasteiger partial charge is 0.367 e. The van der Waals surface area contributed by atoms with Crippen LogP contribution in [0.25, 0.3) is 0 Å². The summed E-state index contributed by atoms with van der Waals surface area (Å²) in [5, 5.41) is 7.17. The third-order valence-electron chi connectivity index (χ3n) is 5.82. The summed E-state index contributed by atoms with van der Waals surface area (Å²) in [7, 11) is 0. The van der Waals surface area contributed by atoms with Gasteiger partial charge in [-0.1, -0.05) is 35.4 Å². The van der Waals surface area contributed by atoms with Gasteiger partial charge in [-0.2, -0.15) is 0 Å². The second-order valence-corrected chi connectivity index (χ2v) is 8.35. The monoisotopic (exact) mass is 376 g/mol. The second kappa shape index (κ2) is 7.08. The number of anilines is 2. The van der Waals surface area contributed by atoms with E-state index in [-0.39, 0.29) is 0 Å². The van der Waals surface area contributed by atoms with Gasteiger partial charge in [-0.25, -0.2) is 0 Å². The molecule has 0 saturated carbocycles. The van der Waals surface area contributed by atoms with Crippen LogP contribution in [0.5, 0.6) is 0 Å². The number of nitrogens with zero attached hydrogens (tertiary/aromatic N) is 2. The molecule has 2 aliphatic heterocycles. The molecule has 0 radical (unpaired) electrons. The quantitative estimate of drug-likeness (QED) is 0.823. The lowest BCUT2D eigenvalue weighted by molar-refractivity contribution is 0.876. The molecule has 2 saturated heterocycles. The number of hydrogen-bond donors (Lipinski definition) is 2. The minimum absolute atomic E-state index is 0.970. The van der Waals surface area contributed by atoms with Crippen LogP contribution in [0.1, 0.15) is 33.4 Å². The van der Waals surface area contributed by atoms with Gasteiger partial charge in [0.15, 0.2) is 5.82 Å². The van der Waals surface area contributed by atoms with E-state index in [9.17, 15) is 0 Å². The van der Waals surface area contributed by atoms with E-state index in [0.717, 1.165) is 32.0 Å². The average Bonchev–Trinajstić information content (AvgIpc) is 3.23. The molecule has 4 rings (SSSR count). The maximum atomic E-state index is 3.58. The Morgan fingerprint density at radius 2 is 0.964 bits per heavy atom. The summed E-state index contributed by atoms with van der Waals surface area (Å²) >= 11 is 0. The molecule has 0 aromatic heterocycles. The molecule has 148 valence electrons. The van der Waals surface area contributed by atoms with Crippen molar-refractivity contribution in [2.75, 3.05) is 36.0 Å². The van der Waals surface area contributed by atoms with E-state index in [1.165, 1.54) is 50.6 Å². The van der Waals surface area contributed by atoms with E-state index >= 15 is 0 Å². The Bertz CT molecular complexity index is 836. The fraction of sp³-hybridized carbons (Fsp3) is 0.417. The highest BCUT2D eigenvalue weighted by atomic mass is 15.4. The van der Waals surface area contributed by atoms with Gasteiger partial charge >= 0.3 is 0 Å². The smallest absolute Gasteiger partial charge is 0.154 e. The first-order chi connectivity index (χ1) is 13.4. The maximum absolute atomic E-state index is 3.58. The van der Waals surface area contributed by atoms with Crippen molar-refractivity contribution < 1.29 is 0 Å². The Hall–Kier alpha value is -2.62. The first-order valence-corrected chi connectivity index (χ1v) is 10.3. The number of aryl methyl sites for hydroxylation is 6. The molecule has 2 aromatic carbocycles. The minimum atomic E-state index is 0.970. The van der Waals surface area contributed by atoms with Gasteiger partial charge in [0.2, 0.25) is 0 Å². The summed E-state index contributed by atoms with van der Waals surface area (Å²) in [5.74, 6) is 2.40. The third-order valence-corrected chi connectivity index (χ3v) is 5.82. The van der Waals surface area contributed by atoms with Crippen LogP contribution < -0.4 is 20.4 Å². The zero-order chi connectivity index (χ0) is 20.0. The molecule has 2 heterocycles. The van der Waals surface area contributed by atoms with Gasteiger partial charge in [0.1, 0.15) is 5.82 Å². The number of hydrogen-bond acceptors (Lipinski definition) is 4. The lowest BCUT2D eigenvalue weighted by Gasteiger charge is -2.31. The van der Waals surface area contributed by atoms with E-state index in [1.807, 2.05) is 0 Å². The highest BCUT2D eigenvalue weighted by Gasteiger charge is 2.34. The van der Waals surface area contributed by atoms with Crippen molar-refractivity contribution in [1.82, 2.24) is 10.6 Å². The van der Waals surface area contributed by atoms with Crippen molar-refractivity contribution in [2.45, 2.75) is 41.5 Å². The van der Waals surface area contributed by atoms with Crippen molar-refractivity contribution in [3.63, 3.8) is 0 Å². The molecular weight excluding hydrogens is 344 g/mol. The Balaban J connectivity index is 1.87. The number of nitrogens with one attached hydrogen (secondary N) is 2. The summed E-state index contributed by atoms with van der Waals surface area (Å²) in [4.78, 5) is 5.01. The molecule has 0 bridgehead atoms. The average molecular weight is 377 g/mol. The zero-order valence-electron chi connectivity index (χ0n) is 18.0. The third kappa shape index (κ3) is 3.11. The number of rotatable bonds is 2. The summed E-state index contributed by atoms with van der Waals surface area (Å²) in [6.07, 6.45) is 0. The van der Waals surface area contributed by atoms with Gasteiger partial charge in [0.05, 0.1) is 0 Å². The summed E-state index contributed by atoms with van der Waals surface area (Å²) in [5.41, 5.74) is 10.7. The van der Waals surface area contributed by atoms with Gasteiger partial charge in [0, 0.05) is 37.6 Å². The first-order valence-electron chi connectivity index (χ1n) is 10.3. The van der Waals surface area contributed by atoms with Crippen LogP contribution in [0, 0.1) is 41.5 Å². The molecule has 0 aliphatic carbocycles. The molecule has 2 aliphatic rings. The van der Waals surface area contributed by atoms with Crippen LogP contribution in [-0.4, -0.2) is 26.2 Å². The van der Waals surface area contributed by atoms with Crippen LogP contribution in [0.3, 0.4) is 0 Å². The van der Waals surface area contributed by atoms with Crippen LogP contribution in [0.2, 0.25) is 0 Å². The Morgan fingerprint density at radius 1 is 0.607 bits per heavy atom. The standard InChI is InChI=1S/C24H32N4/c1-15-11-17(3)21(18(4)12-15)27-9-10-28(24(27)23-25-7-8-26-23)22-19(5)13-16(2)14-20(22)6/h11-14,25-26H,7-10H2,1-6H3. The molecule has 28 heavy (non-hydrogen) atoms. The SMILES string of the molecule is Cc1cc(C)c(N2CCN(c3c(C)cc(C)cc3C)C2=C2NCCN2)c(C)c1. The fourth-order valence-electron chi connectivity index (χ4n) is 5.05. The molecule has 4 nitrogen and oxygen atoms in total. The Kier molecular flexibility index (Phi) is 4.74. The molecular formula is C24H32N4. The Morgan fingerprint density at radius 3 is 1.32 bits per heavy atom. The maximum Gasteiger partial charge on any atom is 0.154 e. The van der Waals surface area contributed by atoms with Crippen LogP contribution in [0.4, 0.5) is 11.4 Å². The summed E-state index contributed by atoms with van der Waals surface area (Å²) < 4.78 is 0. The Labute approximate surface area is 169 Å². The topological polar surface area (TPSA) is 30.5 Å². The molecule has 2 aromatic rings. The van der Waals surface area contributed by atoms with Crippen molar-refractivity contribution in [3.05, 3.63) is 69.3 Å². The molecule has 2 fully saturated rings. The normalized spacial score (nSPS) is 16.6. The summed E-state index contributed by atoms with van der Waals surface area (Å²) in [6.45, 7) is 17.2. The van der Waals surface area contributed by atoms with Crippen molar-refractivity contribution in [3.8, 4) is 0 Å². The van der Waals surface area contributed by atoms with Crippen molar-refractivity contribution in [1.29, 1.82) is 0 Å². The molecule has 4 heteroatoms. The molecule has 2 N–H and O–H groups in total. The van der Waals surface area contributed by atoms with E-state index in [2.05, 4.69) is 86.2 Å². The van der Waals surface area contributed by atoms with Crippen molar-refractivity contribution in [2.24, 2.45) is 0 Å². The highest BCUT2D eigenvalue weighted by molar-refractivity contribution is 5.73. The minimum Gasteiger partial charge on any atom is -0.367 e. The molecule has 0 spiro atoms. The predicted molar refractivity (Wildman–Crippen MR) is 119 cm³/mol. The second-order valence-electron chi connectivity index (χ2n) is 8.35. The molecule has 0 atom stereocenters. The van der Waals surface area contributed by atoms with Crippen LogP contribution >= 0.6 is 0 Å². The molecule has 0 amide bonds. The lowest BCUT2D eigenvalue weighted by Crippen LogP contribution is -2.31. The van der Waals surface area contributed by atoms with E-state index < -0.39 is 0 Å². The van der Waals surface area contributed by atoms with Gasteiger partial charge in [-0.15, -0.1) is 0 Å². The zero-order valence-corrected chi connectivity index (χ0v) is 18.0. The highest BCUT2D eigenvalue weighted by Crippen LogP contribution is 2.38. The van der Waals surface area contributed by atoms with Gasteiger partial charge in [-0.05, 0) is 63.8 Å². The molecule has 0 unspecified atom stereocenters. The lowest BCUT2D eigenvalue weighted by atomic mass is 10.0. The first kappa shape index (κ1) is 18.7.